The maximum absolute atomic E-state index is 12.8. The Labute approximate surface area is 182 Å². The fourth-order valence-electron chi connectivity index (χ4n) is 3.35. The molecule has 1 heterocycles. The van der Waals surface area contributed by atoms with E-state index >= 15 is 0 Å². The number of urea groups is 1. The second-order valence-corrected chi connectivity index (χ2v) is 7.39. The van der Waals surface area contributed by atoms with Gasteiger partial charge >= 0.3 is 6.03 Å². The van der Waals surface area contributed by atoms with E-state index in [1.807, 2.05) is 24.3 Å². The van der Waals surface area contributed by atoms with Gasteiger partial charge < -0.3 is 19.9 Å². The number of hydrogen-bond acceptors (Lipinski definition) is 3. The topological polar surface area (TPSA) is 61.9 Å². The van der Waals surface area contributed by atoms with E-state index in [0.29, 0.717) is 56.3 Å². The number of hydrogen-bond donors (Lipinski definition) is 1. The molecule has 0 atom stereocenters. The van der Waals surface area contributed by atoms with Crippen LogP contribution >= 0.6 is 11.6 Å². The summed E-state index contributed by atoms with van der Waals surface area (Å²) in [7, 11) is 0. The summed E-state index contributed by atoms with van der Waals surface area (Å²) in [4.78, 5) is 29.0. The van der Waals surface area contributed by atoms with Crippen LogP contribution in [0.5, 0.6) is 5.75 Å². The largest absolute Gasteiger partial charge is 0.489 e. The summed E-state index contributed by atoms with van der Waals surface area (Å²) in [5.41, 5.74) is 1.39. The van der Waals surface area contributed by atoms with Crippen LogP contribution in [0.25, 0.3) is 0 Å². The van der Waals surface area contributed by atoms with E-state index in [1.165, 1.54) is 0 Å². The SMILES string of the molecule is C=CCOc1ccccc1CNC(=O)N1CCCN(C(=O)c2ccccc2Cl)CC1. The van der Waals surface area contributed by atoms with Crippen molar-refractivity contribution in [3.63, 3.8) is 0 Å². The molecule has 3 amide bonds. The minimum Gasteiger partial charge on any atom is -0.489 e. The molecular weight excluding hydrogens is 402 g/mol. The van der Waals surface area contributed by atoms with Crippen LogP contribution in [-0.4, -0.2) is 54.5 Å². The Bertz CT molecular complexity index is 903. The first-order chi connectivity index (χ1) is 14.6. The minimum absolute atomic E-state index is 0.101. The molecule has 1 N–H and O–H groups in total. The Balaban J connectivity index is 1.55. The number of ether oxygens (including phenoxy) is 1. The van der Waals surface area contributed by atoms with Crippen molar-refractivity contribution < 1.29 is 14.3 Å². The minimum atomic E-state index is -0.152. The van der Waals surface area contributed by atoms with Gasteiger partial charge in [-0.25, -0.2) is 4.79 Å². The summed E-state index contributed by atoms with van der Waals surface area (Å²) < 4.78 is 5.64. The van der Waals surface area contributed by atoms with E-state index in [4.69, 9.17) is 16.3 Å². The van der Waals surface area contributed by atoms with E-state index in [9.17, 15) is 9.59 Å². The van der Waals surface area contributed by atoms with Crippen LogP contribution in [0.2, 0.25) is 5.02 Å². The summed E-state index contributed by atoms with van der Waals surface area (Å²) in [5.74, 6) is 0.626. The molecule has 30 heavy (non-hydrogen) atoms. The zero-order valence-electron chi connectivity index (χ0n) is 16.9. The van der Waals surface area contributed by atoms with Gasteiger partial charge in [0.1, 0.15) is 12.4 Å². The molecule has 0 aromatic heterocycles. The highest BCUT2D eigenvalue weighted by atomic mass is 35.5. The second-order valence-electron chi connectivity index (χ2n) is 6.98. The average molecular weight is 428 g/mol. The number of carbonyl (C=O) groups excluding carboxylic acids is 2. The van der Waals surface area contributed by atoms with Crippen LogP contribution in [0.1, 0.15) is 22.3 Å². The molecule has 2 aromatic carbocycles. The quantitative estimate of drug-likeness (QED) is 0.710. The van der Waals surface area contributed by atoms with Gasteiger partial charge in [-0.15, -0.1) is 0 Å². The second kappa shape index (κ2) is 10.7. The Kier molecular flexibility index (Phi) is 7.74. The number of carbonyl (C=O) groups is 2. The fourth-order valence-corrected chi connectivity index (χ4v) is 3.57. The number of nitrogens with zero attached hydrogens (tertiary/aromatic N) is 2. The zero-order valence-corrected chi connectivity index (χ0v) is 17.6. The molecule has 0 aliphatic carbocycles. The van der Waals surface area contributed by atoms with Gasteiger partial charge in [0.05, 0.1) is 10.6 Å². The van der Waals surface area contributed by atoms with E-state index in [-0.39, 0.29) is 11.9 Å². The normalized spacial score (nSPS) is 14.0. The highest BCUT2D eigenvalue weighted by Crippen LogP contribution is 2.19. The first-order valence-corrected chi connectivity index (χ1v) is 10.4. The van der Waals surface area contributed by atoms with Gasteiger partial charge in [0.2, 0.25) is 0 Å². The maximum atomic E-state index is 12.8. The van der Waals surface area contributed by atoms with Crippen LogP contribution in [0, 0.1) is 0 Å². The van der Waals surface area contributed by atoms with Gasteiger partial charge in [-0.2, -0.15) is 0 Å². The third-order valence-corrected chi connectivity index (χ3v) is 5.26. The maximum Gasteiger partial charge on any atom is 0.317 e. The van der Waals surface area contributed by atoms with Crippen LogP contribution in [-0.2, 0) is 6.54 Å². The van der Waals surface area contributed by atoms with Crippen LogP contribution in [0.3, 0.4) is 0 Å². The smallest absolute Gasteiger partial charge is 0.317 e. The van der Waals surface area contributed by atoms with Crippen LogP contribution in [0.4, 0.5) is 4.79 Å². The number of rotatable bonds is 6. The molecule has 0 saturated carbocycles. The number of halogens is 1. The molecular formula is C23H26ClN3O3. The highest BCUT2D eigenvalue weighted by molar-refractivity contribution is 6.33. The number of amides is 3. The van der Waals surface area contributed by atoms with Gasteiger partial charge in [-0.1, -0.05) is 54.6 Å². The van der Waals surface area contributed by atoms with E-state index in [2.05, 4.69) is 11.9 Å². The lowest BCUT2D eigenvalue weighted by Gasteiger charge is -2.23. The first kappa shape index (κ1) is 21.7. The molecule has 0 radical (unpaired) electrons. The summed E-state index contributed by atoms with van der Waals surface area (Å²) >= 11 is 6.16. The lowest BCUT2D eigenvalue weighted by Crippen LogP contribution is -2.42. The van der Waals surface area contributed by atoms with Crippen molar-refractivity contribution in [3.05, 3.63) is 77.3 Å². The molecule has 158 valence electrons. The molecule has 1 aliphatic rings. The Morgan fingerprint density at radius 2 is 1.73 bits per heavy atom. The average Bonchev–Trinajstić information content (AvgIpc) is 3.03. The molecule has 1 fully saturated rings. The molecule has 0 unspecified atom stereocenters. The van der Waals surface area contributed by atoms with Gasteiger partial charge in [0.25, 0.3) is 5.91 Å². The van der Waals surface area contributed by atoms with Crippen LogP contribution < -0.4 is 10.1 Å². The highest BCUT2D eigenvalue weighted by Gasteiger charge is 2.24. The van der Waals surface area contributed by atoms with Crippen molar-refractivity contribution in [2.75, 3.05) is 32.8 Å². The molecule has 2 aromatic rings. The van der Waals surface area contributed by atoms with Gasteiger partial charge in [-0.05, 0) is 24.6 Å². The standard InChI is InChI=1S/C23H26ClN3O3/c1-2-16-30-21-11-6-3-8-18(21)17-25-23(29)27-13-7-12-26(14-15-27)22(28)19-9-4-5-10-20(19)24/h2-6,8-11H,1,7,12-17H2,(H,25,29). The molecule has 0 bridgehead atoms. The molecule has 7 heteroatoms. The molecule has 1 saturated heterocycles. The first-order valence-electron chi connectivity index (χ1n) is 9.98. The monoisotopic (exact) mass is 427 g/mol. The van der Waals surface area contributed by atoms with E-state index < -0.39 is 0 Å². The Morgan fingerprint density at radius 3 is 2.53 bits per heavy atom. The van der Waals surface area contributed by atoms with E-state index in [1.54, 1.807) is 40.1 Å². The number of para-hydroxylation sites is 1. The van der Waals surface area contributed by atoms with Gasteiger partial charge in [0.15, 0.2) is 0 Å². The Hall–Kier alpha value is -2.99. The summed E-state index contributed by atoms with van der Waals surface area (Å²) in [6, 6.07) is 14.5. The predicted octanol–water partition coefficient (Wildman–Crippen LogP) is 3.96. The third kappa shape index (κ3) is 5.54. The van der Waals surface area contributed by atoms with Crippen molar-refractivity contribution in [1.29, 1.82) is 0 Å². The number of nitrogens with one attached hydrogen (secondary N) is 1. The number of benzene rings is 2. The van der Waals surface area contributed by atoms with E-state index in [0.717, 1.165) is 11.3 Å². The summed E-state index contributed by atoms with van der Waals surface area (Å²) in [6.07, 6.45) is 2.39. The van der Waals surface area contributed by atoms with Gasteiger partial charge in [-0.3, -0.25) is 4.79 Å². The zero-order chi connectivity index (χ0) is 21.3. The molecule has 3 rings (SSSR count). The van der Waals surface area contributed by atoms with Gasteiger partial charge in [0, 0.05) is 38.3 Å². The summed E-state index contributed by atoms with van der Waals surface area (Å²) in [5, 5.41) is 3.40. The van der Waals surface area contributed by atoms with Crippen LogP contribution in [0.15, 0.2) is 61.2 Å². The lowest BCUT2D eigenvalue weighted by molar-refractivity contribution is 0.0762. The van der Waals surface area contributed by atoms with Crippen molar-refractivity contribution in [1.82, 2.24) is 15.1 Å². The third-order valence-electron chi connectivity index (χ3n) is 4.93. The lowest BCUT2D eigenvalue weighted by atomic mass is 10.2. The van der Waals surface area contributed by atoms with Crippen molar-refractivity contribution in [3.8, 4) is 5.75 Å². The van der Waals surface area contributed by atoms with Crippen molar-refractivity contribution in [2.45, 2.75) is 13.0 Å². The Morgan fingerprint density at radius 1 is 1.03 bits per heavy atom. The molecule has 6 nitrogen and oxygen atoms in total. The predicted molar refractivity (Wildman–Crippen MR) is 118 cm³/mol. The van der Waals surface area contributed by atoms with Crippen molar-refractivity contribution >= 4 is 23.5 Å². The molecule has 0 spiro atoms. The van der Waals surface area contributed by atoms with Crippen molar-refractivity contribution in [2.24, 2.45) is 0 Å². The molecule has 1 aliphatic heterocycles. The summed E-state index contributed by atoms with van der Waals surface area (Å²) in [6.45, 7) is 6.55. The fraction of sp³-hybridized carbons (Fsp3) is 0.304.